The minimum atomic E-state index is -1.96. The van der Waals surface area contributed by atoms with Gasteiger partial charge in [0.1, 0.15) is 6.07 Å². The first-order valence-corrected chi connectivity index (χ1v) is 9.23. The van der Waals surface area contributed by atoms with Gasteiger partial charge in [0.25, 0.3) is 5.91 Å². The molecule has 4 nitrogen and oxygen atoms in total. The van der Waals surface area contributed by atoms with Crippen molar-refractivity contribution < 1.29 is 9.90 Å². The molecule has 5 heteroatoms. The van der Waals surface area contributed by atoms with E-state index in [9.17, 15) is 9.90 Å². The second-order valence-electron chi connectivity index (χ2n) is 6.40. The Morgan fingerprint density at radius 1 is 1.03 bits per heavy atom. The number of anilines is 1. The first kappa shape index (κ1) is 20.2. The van der Waals surface area contributed by atoms with Gasteiger partial charge in [0, 0.05) is 17.7 Å². The summed E-state index contributed by atoms with van der Waals surface area (Å²) in [7, 11) is 0. The number of nitrogens with one attached hydrogen (secondary N) is 1. The number of hydrogen-bond acceptors (Lipinski definition) is 3. The van der Waals surface area contributed by atoms with Crippen LogP contribution in [0.5, 0.6) is 0 Å². The molecule has 0 bridgehead atoms. The maximum atomic E-state index is 13.0. The van der Waals surface area contributed by atoms with E-state index in [1.807, 2.05) is 54.6 Å². The molecule has 0 aliphatic carbocycles. The summed E-state index contributed by atoms with van der Waals surface area (Å²) in [6.45, 7) is 0. The molecule has 3 rings (SSSR count). The predicted octanol–water partition coefficient (Wildman–Crippen LogP) is 4.18. The summed E-state index contributed by atoms with van der Waals surface area (Å²) < 4.78 is 0. The van der Waals surface area contributed by atoms with Gasteiger partial charge in [0.2, 0.25) is 5.60 Å². The van der Waals surface area contributed by atoms with E-state index >= 15 is 0 Å². The fraction of sp³-hybridized carbons (Fsp3) is 0.0833. The molecule has 0 aliphatic rings. The van der Waals surface area contributed by atoms with E-state index < -0.39 is 11.5 Å². The van der Waals surface area contributed by atoms with Gasteiger partial charge in [-0.3, -0.25) is 4.79 Å². The number of hydrogen-bond donors (Lipinski definition) is 2. The zero-order chi connectivity index (χ0) is 20.7. The number of nitriles is 1. The molecule has 0 saturated heterocycles. The van der Waals surface area contributed by atoms with Crippen LogP contribution >= 0.6 is 11.6 Å². The molecule has 0 heterocycles. The van der Waals surface area contributed by atoms with Crippen LogP contribution < -0.4 is 5.32 Å². The largest absolute Gasteiger partial charge is 0.369 e. The third kappa shape index (κ3) is 5.24. The Bertz CT molecular complexity index is 1110. The van der Waals surface area contributed by atoms with Crippen LogP contribution in [0.25, 0.3) is 0 Å². The maximum absolute atomic E-state index is 13.0. The second kappa shape index (κ2) is 9.08. The average Bonchev–Trinajstić information content (AvgIpc) is 2.74. The third-order valence-electron chi connectivity index (χ3n) is 4.21. The van der Waals surface area contributed by atoms with Gasteiger partial charge < -0.3 is 10.4 Å². The third-order valence-corrected chi connectivity index (χ3v) is 4.53. The van der Waals surface area contributed by atoms with Crippen LogP contribution in [-0.4, -0.2) is 16.6 Å². The predicted molar refractivity (Wildman–Crippen MR) is 113 cm³/mol. The van der Waals surface area contributed by atoms with E-state index in [1.165, 1.54) is 12.1 Å². The van der Waals surface area contributed by atoms with Gasteiger partial charge in [-0.05, 0) is 35.9 Å². The summed E-state index contributed by atoms with van der Waals surface area (Å²) in [5.41, 5.74) is 0.163. The Morgan fingerprint density at radius 2 is 1.69 bits per heavy atom. The van der Waals surface area contributed by atoms with Crippen molar-refractivity contribution in [3.8, 4) is 17.9 Å². The highest BCUT2D eigenvalue weighted by Crippen LogP contribution is 2.22. The molecule has 3 aromatic rings. The lowest BCUT2D eigenvalue weighted by Crippen LogP contribution is -2.43. The Morgan fingerprint density at radius 3 is 2.31 bits per heavy atom. The van der Waals surface area contributed by atoms with Crippen LogP contribution in [0.3, 0.4) is 0 Å². The summed E-state index contributed by atoms with van der Waals surface area (Å²) in [4.78, 5) is 13.0. The van der Waals surface area contributed by atoms with E-state index in [0.29, 0.717) is 16.8 Å². The SMILES string of the molecule is N#Cc1ccc(NC(=O)C(O)(C#Cc2ccccc2)Cc2ccccc2)cc1Cl. The fourth-order valence-corrected chi connectivity index (χ4v) is 2.91. The first-order chi connectivity index (χ1) is 14.0. The van der Waals surface area contributed by atoms with Crippen molar-refractivity contribution in [2.75, 3.05) is 5.32 Å². The number of benzene rings is 3. The minimum absolute atomic E-state index is 0.0174. The number of aliphatic hydroxyl groups is 1. The highest BCUT2D eigenvalue weighted by atomic mass is 35.5. The lowest BCUT2D eigenvalue weighted by Gasteiger charge is -2.22. The van der Waals surface area contributed by atoms with Crippen molar-refractivity contribution in [3.63, 3.8) is 0 Å². The van der Waals surface area contributed by atoms with Gasteiger partial charge in [0.15, 0.2) is 0 Å². The van der Waals surface area contributed by atoms with Crippen LogP contribution in [0.15, 0.2) is 78.9 Å². The standard InChI is InChI=1S/C24H17ClN2O2/c25-22-15-21(12-11-20(22)17-26)27-23(28)24(29,16-19-9-5-2-6-10-19)14-13-18-7-3-1-4-8-18/h1-12,15,29H,16H2,(H,27,28). The number of carbonyl (C=O) groups excluding carboxylic acids is 1. The minimum Gasteiger partial charge on any atom is -0.369 e. The monoisotopic (exact) mass is 400 g/mol. The van der Waals surface area contributed by atoms with Crippen molar-refractivity contribution in [1.29, 1.82) is 5.26 Å². The maximum Gasteiger partial charge on any atom is 0.269 e. The molecule has 29 heavy (non-hydrogen) atoms. The van der Waals surface area contributed by atoms with Crippen LogP contribution in [0.4, 0.5) is 5.69 Å². The molecule has 0 saturated carbocycles. The molecule has 0 fully saturated rings. The molecule has 1 unspecified atom stereocenters. The Hall–Kier alpha value is -3.57. The average molecular weight is 401 g/mol. The first-order valence-electron chi connectivity index (χ1n) is 8.86. The molecule has 0 spiro atoms. The van der Waals surface area contributed by atoms with Crippen LogP contribution in [0, 0.1) is 23.2 Å². The molecule has 3 aromatic carbocycles. The molecule has 142 valence electrons. The highest BCUT2D eigenvalue weighted by molar-refractivity contribution is 6.32. The van der Waals surface area contributed by atoms with E-state index in [0.717, 1.165) is 5.56 Å². The van der Waals surface area contributed by atoms with Gasteiger partial charge in [-0.1, -0.05) is 72.0 Å². The molecule has 0 aliphatic heterocycles. The molecule has 1 amide bonds. The summed E-state index contributed by atoms with van der Waals surface area (Å²) in [6.07, 6.45) is 0.0174. The summed E-state index contributed by atoms with van der Waals surface area (Å²) >= 11 is 6.03. The Balaban J connectivity index is 1.91. The van der Waals surface area contributed by atoms with E-state index in [2.05, 4.69) is 17.2 Å². The van der Waals surface area contributed by atoms with Crippen molar-refractivity contribution in [1.82, 2.24) is 0 Å². The van der Waals surface area contributed by atoms with Crippen LogP contribution in [0.2, 0.25) is 5.02 Å². The lowest BCUT2D eigenvalue weighted by molar-refractivity contribution is -0.128. The number of nitrogens with zero attached hydrogens (tertiary/aromatic N) is 1. The van der Waals surface area contributed by atoms with Crippen LogP contribution in [0.1, 0.15) is 16.7 Å². The highest BCUT2D eigenvalue weighted by Gasteiger charge is 2.34. The Kier molecular flexibility index (Phi) is 6.32. The fourth-order valence-electron chi connectivity index (χ4n) is 2.69. The van der Waals surface area contributed by atoms with Crippen molar-refractivity contribution in [3.05, 3.63) is 101 Å². The lowest BCUT2D eigenvalue weighted by atomic mass is 9.93. The van der Waals surface area contributed by atoms with Crippen molar-refractivity contribution in [2.45, 2.75) is 12.0 Å². The van der Waals surface area contributed by atoms with Gasteiger partial charge >= 0.3 is 0 Å². The van der Waals surface area contributed by atoms with Gasteiger partial charge in [0.05, 0.1) is 10.6 Å². The van der Waals surface area contributed by atoms with E-state index in [4.69, 9.17) is 16.9 Å². The van der Waals surface area contributed by atoms with E-state index in [1.54, 1.807) is 18.2 Å². The van der Waals surface area contributed by atoms with Crippen LogP contribution in [-0.2, 0) is 11.2 Å². The topological polar surface area (TPSA) is 73.1 Å². The molecular weight excluding hydrogens is 384 g/mol. The van der Waals surface area contributed by atoms with Gasteiger partial charge in [-0.15, -0.1) is 0 Å². The number of carbonyl (C=O) groups is 1. The zero-order valence-corrected chi connectivity index (χ0v) is 16.1. The number of rotatable bonds is 4. The molecule has 1 atom stereocenters. The van der Waals surface area contributed by atoms with Crippen molar-refractivity contribution in [2.24, 2.45) is 0 Å². The molecular formula is C24H17ClN2O2. The molecule has 0 radical (unpaired) electrons. The smallest absolute Gasteiger partial charge is 0.269 e. The normalized spacial score (nSPS) is 12.0. The quantitative estimate of drug-likeness (QED) is 0.645. The molecule has 2 N–H and O–H groups in total. The zero-order valence-electron chi connectivity index (χ0n) is 15.4. The van der Waals surface area contributed by atoms with E-state index in [-0.39, 0.29) is 11.4 Å². The summed E-state index contributed by atoms with van der Waals surface area (Å²) in [6, 6.07) is 24.8. The number of amides is 1. The number of halogens is 1. The van der Waals surface area contributed by atoms with Crippen molar-refractivity contribution >= 4 is 23.2 Å². The Labute approximate surface area is 174 Å². The molecule has 0 aromatic heterocycles. The summed E-state index contributed by atoms with van der Waals surface area (Å²) in [5.74, 6) is 4.92. The van der Waals surface area contributed by atoms with Gasteiger partial charge in [-0.25, -0.2) is 0 Å². The van der Waals surface area contributed by atoms with Gasteiger partial charge in [-0.2, -0.15) is 5.26 Å². The summed E-state index contributed by atoms with van der Waals surface area (Å²) in [5, 5.41) is 23.0. The second-order valence-corrected chi connectivity index (χ2v) is 6.81.